The predicted molar refractivity (Wildman–Crippen MR) is 53.3 cm³/mol. The average Bonchev–Trinajstić information content (AvgIpc) is 2.09. The number of hydrogen-bond acceptors (Lipinski definition) is 1. The largest absolute Gasteiger partial charge is 0.381 e. The summed E-state index contributed by atoms with van der Waals surface area (Å²) in [7, 11) is 0. The topological polar surface area (TPSA) is 12.0 Å². The highest BCUT2D eigenvalue weighted by Gasteiger charge is 2.08. The Bertz CT molecular complexity index is 348. The number of hydrogen-bond donors (Lipinski definition) is 1. The summed E-state index contributed by atoms with van der Waals surface area (Å²) in [4.78, 5) is 0. The number of halogens is 3. The van der Waals surface area contributed by atoms with Gasteiger partial charge in [-0.2, -0.15) is 0 Å². The van der Waals surface area contributed by atoms with Crippen molar-refractivity contribution in [3.05, 3.63) is 28.8 Å². The lowest BCUT2D eigenvalue weighted by molar-refractivity contribution is 0.585. The maximum Gasteiger partial charge on any atom is 0.150 e. The predicted octanol–water partition coefficient (Wildman–Crippen LogP) is 3.05. The zero-order chi connectivity index (χ0) is 10.6. The van der Waals surface area contributed by atoms with Crippen LogP contribution in [-0.2, 0) is 0 Å². The van der Waals surface area contributed by atoms with Gasteiger partial charge in [-0.05, 0) is 6.07 Å². The van der Waals surface area contributed by atoms with Crippen LogP contribution in [0.3, 0.4) is 0 Å². The molecule has 1 rings (SSSR count). The summed E-state index contributed by atoms with van der Waals surface area (Å²) in [6.07, 6.45) is 5.47. The molecule has 0 aliphatic carbocycles. The Labute approximate surface area is 86.1 Å². The van der Waals surface area contributed by atoms with Crippen molar-refractivity contribution in [3.63, 3.8) is 0 Å². The molecule has 1 aromatic rings. The first-order chi connectivity index (χ1) is 6.65. The maximum atomic E-state index is 13.1. The molecule has 0 aliphatic heterocycles. The third kappa shape index (κ3) is 2.61. The van der Waals surface area contributed by atoms with Crippen LogP contribution in [0.15, 0.2) is 12.1 Å². The van der Waals surface area contributed by atoms with Crippen LogP contribution < -0.4 is 5.32 Å². The molecule has 14 heavy (non-hydrogen) atoms. The summed E-state index contributed by atoms with van der Waals surface area (Å²) < 4.78 is 25.7. The number of nitrogens with one attached hydrogen (secondary N) is 1. The summed E-state index contributed by atoms with van der Waals surface area (Å²) in [5, 5.41) is 2.71. The molecule has 0 fully saturated rings. The summed E-state index contributed by atoms with van der Waals surface area (Å²) >= 11 is 5.62. The molecule has 0 saturated heterocycles. The molecular weight excluding hydrogens is 208 g/mol. The minimum Gasteiger partial charge on any atom is -0.381 e. The van der Waals surface area contributed by atoms with E-state index in [2.05, 4.69) is 11.2 Å². The van der Waals surface area contributed by atoms with Crippen LogP contribution >= 0.6 is 11.6 Å². The molecule has 0 aromatic heterocycles. The molecule has 0 radical (unpaired) electrons. The van der Waals surface area contributed by atoms with Crippen molar-refractivity contribution in [1.29, 1.82) is 0 Å². The van der Waals surface area contributed by atoms with Crippen molar-refractivity contribution in [2.45, 2.75) is 6.42 Å². The van der Waals surface area contributed by atoms with Crippen molar-refractivity contribution >= 4 is 17.3 Å². The molecule has 0 spiro atoms. The van der Waals surface area contributed by atoms with Crippen molar-refractivity contribution < 1.29 is 8.78 Å². The van der Waals surface area contributed by atoms with Crippen LogP contribution in [0.5, 0.6) is 0 Å². The molecule has 0 bridgehead atoms. The highest BCUT2D eigenvalue weighted by molar-refractivity contribution is 6.33. The van der Waals surface area contributed by atoms with Crippen LogP contribution in [0.1, 0.15) is 6.42 Å². The van der Waals surface area contributed by atoms with Crippen LogP contribution in [0.4, 0.5) is 14.5 Å². The van der Waals surface area contributed by atoms with E-state index >= 15 is 0 Å². The molecule has 0 atom stereocenters. The van der Waals surface area contributed by atoms with Gasteiger partial charge in [0.05, 0.1) is 10.7 Å². The third-order valence-electron chi connectivity index (χ3n) is 1.58. The minimum atomic E-state index is -0.716. The van der Waals surface area contributed by atoms with Gasteiger partial charge in [0, 0.05) is 19.0 Å². The maximum absolute atomic E-state index is 13.1. The van der Waals surface area contributed by atoms with Crippen molar-refractivity contribution in [2.24, 2.45) is 0 Å². The molecular formula is C10H8ClF2N. The standard InChI is InChI=1S/C10H8ClF2N/c1-2-3-4-14-10-8(11)5-7(12)6-9(10)13/h1,5-6,14H,3-4H2. The van der Waals surface area contributed by atoms with E-state index in [1.165, 1.54) is 0 Å². The van der Waals surface area contributed by atoms with E-state index in [0.29, 0.717) is 13.0 Å². The Morgan fingerprint density at radius 3 is 2.71 bits per heavy atom. The van der Waals surface area contributed by atoms with Gasteiger partial charge in [0.15, 0.2) is 5.82 Å². The van der Waals surface area contributed by atoms with E-state index in [-0.39, 0.29) is 10.7 Å². The molecule has 1 N–H and O–H groups in total. The first-order valence-corrected chi connectivity index (χ1v) is 4.35. The molecule has 0 unspecified atom stereocenters. The van der Waals surface area contributed by atoms with Crippen molar-refractivity contribution in [3.8, 4) is 12.3 Å². The third-order valence-corrected chi connectivity index (χ3v) is 1.88. The van der Waals surface area contributed by atoms with Gasteiger partial charge in [0.25, 0.3) is 0 Å². The number of anilines is 1. The molecule has 0 heterocycles. The lowest BCUT2D eigenvalue weighted by Crippen LogP contribution is -2.03. The SMILES string of the molecule is C#CCCNc1c(F)cc(F)cc1Cl. The number of rotatable bonds is 3. The summed E-state index contributed by atoms with van der Waals surface area (Å²) in [6, 6.07) is 1.81. The Morgan fingerprint density at radius 2 is 2.14 bits per heavy atom. The lowest BCUT2D eigenvalue weighted by Gasteiger charge is -2.07. The van der Waals surface area contributed by atoms with Crippen LogP contribution in [0.25, 0.3) is 0 Å². The Kier molecular flexibility index (Phi) is 3.73. The monoisotopic (exact) mass is 215 g/mol. The van der Waals surface area contributed by atoms with E-state index < -0.39 is 11.6 Å². The minimum absolute atomic E-state index is 0.0134. The number of benzene rings is 1. The molecule has 0 aliphatic rings. The van der Waals surface area contributed by atoms with E-state index in [0.717, 1.165) is 12.1 Å². The molecule has 74 valence electrons. The zero-order valence-corrected chi connectivity index (χ0v) is 8.04. The molecule has 0 saturated carbocycles. The van der Waals surface area contributed by atoms with Crippen LogP contribution in [0.2, 0.25) is 5.02 Å². The smallest absolute Gasteiger partial charge is 0.150 e. The quantitative estimate of drug-likeness (QED) is 0.604. The average molecular weight is 216 g/mol. The van der Waals surface area contributed by atoms with Gasteiger partial charge in [0.1, 0.15) is 5.82 Å². The normalized spacial score (nSPS) is 9.57. The van der Waals surface area contributed by atoms with Gasteiger partial charge < -0.3 is 5.32 Å². The molecule has 1 aromatic carbocycles. The van der Waals surface area contributed by atoms with E-state index in [4.69, 9.17) is 18.0 Å². The van der Waals surface area contributed by atoms with Gasteiger partial charge in [-0.15, -0.1) is 12.3 Å². The number of terminal acetylenes is 1. The van der Waals surface area contributed by atoms with Crippen molar-refractivity contribution in [2.75, 3.05) is 11.9 Å². The molecule has 4 heteroatoms. The van der Waals surface area contributed by atoms with E-state index in [9.17, 15) is 8.78 Å². The van der Waals surface area contributed by atoms with Gasteiger partial charge in [-0.1, -0.05) is 11.6 Å². The first-order valence-electron chi connectivity index (χ1n) is 3.97. The summed E-state index contributed by atoms with van der Waals surface area (Å²) in [5.74, 6) is 0.971. The highest BCUT2D eigenvalue weighted by Crippen LogP contribution is 2.26. The van der Waals surface area contributed by atoms with Crippen LogP contribution in [-0.4, -0.2) is 6.54 Å². The van der Waals surface area contributed by atoms with Crippen LogP contribution in [0, 0.1) is 24.0 Å². The van der Waals surface area contributed by atoms with Gasteiger partial charge >= 0.3 is 0 Å². The summed E-state index contributed by atoms with van der Waals surface area (Å²) in [6.45, 7) is 0.402. The van der Waals surface area contributed by atoms with Gasteiger partial charge in [-0.3, -0.25) is 0 Å². The van der Waals surface area contributed by atoms with Gasteiger partial charge in [0.2, 0.25) is 0 Å². The summed E-state index contributed by atoms with van der Waals surface area (Å²) in [5.41, 5.74) is 0.0864. The Hall–Kier alpha value is -1.27. The molecule has 1 nitrogen and oxygen atoms in total. The van der Waals surface area contributed by atoms with E-state index in [1.807, 2.05) is 0 Å². The van der Waals surface area contributed by atoms with Crippen molar-refractivity contribution in [1.82, 2.24) is 0 Å². The Morgan fingerprint density at radius 1 is 1.43 bits per heavy atom. The lowest BCUT2D eigenvalue weighted by atomic mass is 10.3. The first kappa shape index (κ1) is 10.8. The highest BCUT2D eigenvalue weighted by atomic mass is 35.5. The fourth-order valence-electron chi connectivity index (χ4n) is 0.971. The fraction of sp³-hybridized carbons (Fsp3) is 0.200. The van der Waals surface area contributed by atoms with Gasteiger partial charge in [-0.25, -0.2) is 8.78 Å². The second-order valence-electron chi connectivity index (χ2n) is 2.63. The fourth-order valence-corrected chi connectivity index (χ4v) is 1.23. The van der Waals surface area contributed by atoms with E-state index in [1.54, 1.807) is 0 Å². The Balaban J connectivity index is 2.81. The zero-order valence-electron chi connectivity index (χ0n) is 7.28. The molecule has 0 amide bonds. The second kappa shape index (κ2) is 4.83. The second-order valence-corrected chi connectivity index (χ2v) is 3.03.